The second-order valence-corrected chi connectivity index (χ2v) is 8.63. The van der Waals surface area contributed by atoms with E-state index < -0.39 is 11.9 Å². The van der Waals surface area contributed by atoms with E-state index in [4.69, 9.17) is 17.3 Å². The summed E-state index contributed by atoms with van der Waals surface area (Å²) in [5.74, 6) is 0.393. The number of benzene rings is 1. The highest BCUT2D eigenvalue weighted by Gasteiger charge is 2.34. The number of carbonyl (C=O) groups is 1. The number of fused-ring (bicyclic) bond motifs is 1. The Hall–Kier alpha value is -2.23. The van der Waals surface area contributed by atoms with E-state index in [2.05, 4.69) is 10.3 Å². The van der Waals surface area contributed by atoms with E-state index in [0.717, 1.165) is 11.1 Å². The molecule has 5 nitrogen and oxygen atoms in total. The van der Waals surface area contributed by atoms with Crippen molar-refractivity contribution in [3.05, 3.63) is 58.9 Å². The van der Waals surface area contributed by atoms with Gasteiger partial charge in [0.2, 0.25) is 0 Å². The molecule has 0 fully saturated rings. The van der Waals surface area contributed by atoms with Crippen molar-refractivity contribution in [1.29, 1.82) is 0 Å². The number of thioether (sulfide) groups is 1. The highest BCUT2D eigenvalue weighted by Crippen LogP contribution is 2.30. The largest absolute Gasteiger partial charge is 0.434 e. The fourth-order valence-corrected chi connectivity index (χ4v) is 4.21. The number of halogens is 4. The molecular weight excluding hydrogens is 461 g/mol. The molecule has 3 aromatic rings. The molecule has 172 valence electrons. The van der Waals surface area contributed by atoms with Crippen LogP contribution in [0.3, 0.4) is 0 Å². The van der Waals surface area contributed by atoms with Crippen LogP contribution in [0.15, 0.2) is 47.5 Å². The van der Waals surface area contributed by atoms with Crippen LogP contribution in [0.4, 0.5) is 19.0 Å². The van der Waals surface area contributed by atoms with Crippen LogP contribution in [0.1, 0.15) is 41.7 Å². The first-order valence-electron chi connectivity index (χ1n) is 10.1. The lowest BCUT2D eigenvalue weighted by molar-refractivity contribution is -0.140. The lowest BCUT2D eigenvalue weighted by Crippen LogP contribution is -2.23. The Morgan fingerprint density at radius 1 is 1.28 bits per heavy atom. The zero-order valence-electron chi connectivity index (χ0n) is 17.5. The molecule has 0 aliphatic rings. The molecule has 0 saturated carbocycles. The number of nitrogens with one attached hydrogen (secondary N) is 1. The van der Waals surface area contributed by atoms with E-state index in [-0.39, 0.29) is 23.9 Å². The fourth-order valence-electron chi connectivity index (χ4n) is 3.42. The molecule has 1 aromatic carbocycles. The summed E-state index contributed by atoms with van der Waals surface area (Å²) in [6.07, 6.45) is 0.475. The lowest BCUT2D eigenvalue weighted by Gasteiger charge is -2.20. The standard InChI is InChI=1S/C22H24ClF3N4OS/c1-32-15-8-9-16(17(23)12-15)18(31)10-7-14(4-3-11-27)28-20-5-2-6-21-29-19(13-30(20)21)22(24,25)26/h2,5-6,8-9,12-14,28H,3-4,7,10-11,27H2,1H3. The maximum atomic E-state index is 13.1. The fraction of sp³-hybridized carbons (Fsp3) is 0.364. The summed E-state index contributed by atoms with van der Waals surface area (Å²) in [6, 6.07) is 10.0. The molecule has 0 aliphatic heterocycles. The smallest absolute Gasteiger partial charge is 0.368 e. The number of alkyl halides is 3. The Morgan fingerprint density at radius 2 is 2.06 bits per heavy atom. The zero-order valence-corrected chi connectivity index (χ0v) is 19.0. The highest BCUT2D eigenvalue weighted by molar-refractivity contribution is 7.98. The van der Waals surface area contributed by atoms with Crippen LogP contribution in [-0.4, -0.2) is 34.0 Å². The van der Waals surface area contributed by atoms with Gasteiger partial charge in [-0.25, -0.2) is 4.98 Å². The molecule has 0 saturated heterocycles. The molecule has 1 atom stereocenters. The number of anilines is 1. The van der Waals surface area contributed by atoms with Gasteiger partial charge in [-0.3, -0.25) is 9.20 Å². The second kappa shape index (κ2) is 10.6. The van der Waals surface area contributed by atoms with E-state index >= 15 is 0 Å². The predicted octanol–water partition coefficient (Wildman–Crippen LogP) is 5.91. The molecule has 0 radical (unpaired) electrons. The third-order valence-electron chi connectivity index (χ3n) is 5.09. The summed E-state index contributed by atoms with van der Waals surface area (Å²) < 4.78 is 40.6. The summed E-state index contributed by atoms with van der Waals surface area (Å²) in [7, 11) is 0. The van der Waals surface area contributed by atoms with Gasteiger partial charge in [0.15, 0.2) is 11.5 Å². The van der Waals surface area contributed by atoms with Gasteiger partial charge >= 0.3 is 6.18 Å². The Kier molecular flexibility index (Phi) is 8.08. The van der Waals surface area contributed by atoms with E-state index in [1.165, 1.54) is 10.5 Å². The highest BCUT2D eigenvalue weighted by atomic mass is 35.5. The minimum Gasteiger partial charge on any atom is -0.368 e. The Bertz CT molecular complexity index is 1090. The molecule has 0 bridgehead atoms. The van der Waals surface area contributed by atoms with Crippen LogP contribution in [0.5, 0.6) is 0 Å². The number of carbonyl (C=O) groups excluding carboxylic acids is 1. The van der Waals surface area contributed by atoms with Crippen molar-refractivity contribution in [2.75, 3.05) is 18.1 Å². The van der Waals surface area contributed by atoms with Gasteiger partial charge in [0.25, 0.3) is 0 Å². The number of pyridine rings is 1. The minimum absolute atomic E-state index is 0.0811. The average Bonchev–Trinajstić information content (AvgIpc) is 3.21. The number of nitrogens with zero attached hydrogens (tertiary/aromatic N) is 2. The third-order valence-corrected chi connectivity index (χ3v) is 6.13. The number of Topliss-reactive ketones (excluding diaryl/α,β-unsaturated/α-hetero) is 1. The SMILES string of the molecule is CSc1ccc(C(=O)CCC(CCCN)Nc2cccc3nc(C(F)(F)F)cn23)c(Cl)c1. The summed E-state index contributed by atoms with van der Waals surface area (Å²) in [6.45, 7) is 0.474. The Morgan fingerprint density at radius 3 is 2.72 bits per heavy atom. The van der Waals surface area contributed by atoms with E-state index in [1.807, 2.05) is 12.3 Å². The van der Waals surface area contributed by atoms with Crippen LogP contribution >= 0.6 is 23.4 Å². The molecule has 0 amide bonds. The quantitative estimate of drug-likeness (QED) is 0.276. The number of nitrogens with two attached hydrogens (primary N) is 1. The molecule has 2 aromatic heterocycles. The minimum atomic E-state index is -4.53. The first kappa shape index (κ1) is 24.4. The average molecular weight is 485 g/mol. The van der Waals surface area contributed by atoms with Crippen molar-refractivity contribution in [3.63, 3.8) is 0 Å². The van der Waals surface area contributed by atoms with Crippen molar-refractivity contribution >= 4 is 40.6 Å². The summed E-state index contributed by atoms with van der Waals surface area (Å²) >= 11 is 7.81. The maximum absolute atomic E-state index is 13.1. The molecule has 1 unspecified atom stereocenters. The number of aromatic nitrogens is 2. The van der Waals surface area contributed by atoms with Gasteiger partial charge in [0.05, 0.1) is 5.02 Å². The van der Waals surface area contributed by atoms with Crippen LogP contribution in [0, 0.1) is 0 Å². The number of rotatable bonds is 10. The van der Waals surface area contributed by atoms with Crippen LogP contribution in [0.25, 0.3) is 5.65 Å². The van der Waals surface area contributed by atoms with Crippen LogP contribution in [0.2, 0.25) is 5.02 Å². The van der Waals surface area contributed by atoms with E-state index in [1.54, 1.807) is 36.0 Å². The third kappa shape index (κ3) is 5.96. The molecule has 3 rings (SSSR count). The van der Waals surface area contributed by atoms with Crippen LogP contribution in [-0.2, 0) is 6.18 Å². The number of hydrogen-bond acceptors (Lipinski definition) is 5. The molecule has 2 heterocycles. The monoisotopic (exact) mass is 484 g/mol. The molecule has 3 N–H and O–H groups in total. The summed E-state index contributed by atoms with van der Waals surface area (Å²) in [5, 5.41) is 3.69. The maximum Gasteiger partial charge on any atom is 0.434 e. The molecule has 0 spiro atoms. The van der Waals surface area contributed by atoms with Crippen molar-refractivity contribution in [2.45, 2.75) is 42.8 Å². The number of imidazole rings is 1. The van der Waals surface area contributed by atoms with Gasteiger partial charge in [-0.15, -0.1) is 11.8 Å². The van der Waals surface area contributed by atoms with Gasteiger partial charge in [0.1, 0.15) is 11.5 Å². The first-order valence-corrected chi connectivity index (χ1v) is 11.7. The Balaban J connectivity index is 1.76. The summed E-state index contributed by atoms with van der Waals surface area (Å²) in [4.78, 5) is 17.4. The number of hydrogen-bond donors (Lipinski definition) is 2. The van der Waals surface area contributed by atoms with Gasteiger partial charge in [-0.05, 0) is 62.4 Å². The molecule has 0 aliphatic carbocycles. The van der Waals surface area contributed by atoms with Gasteiger partial charge < -0.3 is 11.1 Å². The summed E-state index contributed by atoms with van der Waals surface area (Å²) in [5.41, 5.74) is 5.35. The van der Waals surface area contributed by atoms with Crippen LogP contribution < -0.4 is 11.1 Å². The predicted molar refractivity (Wildman–Crippen MR) is 123 cm³/mol. The second-order valence-electron chi connectivity index (χ2n) is 7.34. The Labute approximate surface area is 193 Å². The van der Waals surface area contributed by atoms with Crippen molar-refractivity contribution in [2.24, 2.45) is 5.73 Å². The normalized spacial score (nSPS) is 12.8. The molecular formula is C22H24ClF3N4OS. The van der Waals surface area contributed by atoms with E-state index in [9.17, 15) is 18.0 Å². The lowest BCUT2D eigenvalue weighted by atomic mass is 10.0. The van der Waals surface area contributed by atoms with Gasteiger partial charge in [0, 0.05) is 29.1 Å². The van der Waals surface area contributed by atoms with Gasteiger partial charge in [-0.2, -0.15) is 13.2 Å². The van der Waals surface area contributed by atoms with Crippen molar-refractivity contribution in [1.82, 2.24) is 9.38 Å². The molecule has 10 heteroatoms. The zero-order chi connectivity index (χ0) is 23.3. The van der Waals surface area contributed by atoms with Crippen molar-refractivity contribution in [3.8, 4) is 0 Å². The number of ketones is 1. The van der Waals surface area contributed by atoms with E-state index in [0.29, 0.717) is 42.2 Å². The first-order chi connectivity index (χ1) is 15.2. The van der Waals surface area contributed by atoms with Gasteiger partial charge in [-0.1, -0.05) is 17.7 Å². The topological polar surface area (TPSA) is 72.4 Å². The van der Waals surface area contributed by atoms with Crippen molar-refractivity contribution < 1.29 is 18.0 Å². The molecule has 32 heavy (non-hydrogen) atoms.